The number of nitrogens with zero attached hydrogens (tertiary/aromatic N) is 2. The van der Waals surface area contributed by atoms with Gasteiger partial charge in [-0.1, -0.05) is 60.1 Å². The van der Waals surface area contributed by atoms with Crippen molar-refractivity contribution in [3.63, 3.8) is 0 Å². The Morgan fingerprint density at radius 1 is 0.933 bits per heavy atom. The third-order valence-electron chi connectivity index (χ3n) is 4.33. The fourth-order valence-corrected chi connectivity index (χ4v) is 2.99. The van der Waals surface area contributed by atoms with Crippen LogP contribution in [0.3, 0.4) is 0 Å². The lowest BCUT2D eigenvalue weighted by atomic mass is 10.1. The molecule has 3 aromatic carbocycles. The van der Waals surface area contributed by atoms with Crippen molar-refractivity contribution in [2.45, 2.75) is 6.04 Å². The van der Waals surface area contributed by atoms with Crippen LogP contribution >= 0.6 is 11.6 Å². The highest BCUT2D eigenvalue weighted by molar-refractivity contribution is 6.30. The number of hydrogen-bond donors (Lipinski definition) is 1. The van der Waals surface area contributed by atoms with Gasteiger partial charge in [-0.15, -0.1) is 10.2 Å². The Labute approximate surface area is 178 Å². The molecular weight excluding hydrogens is 402 g/mol. The van der Waals surface area contributed by atoms with Crippen molar-refractivity contribution >= 4 is 17.5 Å². The highest BCUT2D eigenvalue weighted by Crippen LogP contribution is 2.25. The summed E-state index contributed by atoms with van der Waals surface area (Å²) in [6, 6.07) is 25.1. The quantitative estimate of drug-likeness (QED) is 0.470. The lowest BCUT2D eigenvalue weighted by molar-refractivity contribution is -0.123. The average Bonchev–Trinajstić information content (AvgIpc) is 3.28. The molecule has 0 spiro atoms. The Hall–Kier alpha value is -3.64. The number of nitrogens with one attached hydrogen (secondary N) is 1. The van der Waals surface area contributed by atoms with Crippen molar-refractivity contribution in [1.82, 2.24) is 15.5 Å². The van der Waals surface area contributed by atoms with E-state index in [1.165, 1.54) is 0 Å². The Bertz CT molecular complexity index is 1100. The minimum Gasteiger partial charge on any atom is -0.484 e. The first-order chi connectivity index (χ1) is 14.7. The maximum absolute atomic E-state index is 12.6. The average molecular weight is 420 g/mol. The van der Waals surface area contributed by atoms with Gasteiger partial charge in [0.2, 0.25) is 11.8 Å². The summed E-state index contributed by atoms with van der Waals surface area (Å²) in [4.78, 5) is 12.6. The number of rotatable bonds is 7. The van der Waals surface area contributed by atoms with E-state index in [1.54, 1.807) is 24.3 Å². The highest BCUT2D eigenvalue weighted by atomic mass is 35.5. The third-order valence-corrected chi connectivity index (χ3v) is 4.58. The van der Waals surface area contributed by atoms with E-state index in [4.69, 9.17) is 20.8 Å². The van der Waals surface area contributed by atoms with Crippen LogP contribution in [0.15, 0.2) is 89.3 Å². The molecule has 4 rings (SSSR count). The Morgan fingerprint density at radius 2 is 1.60 bits per heavy atom. The van der Waals surface area contributed by atoms with Gasteiger partial charge >= 0.3 is 0 Å². The highest BCUT2D eigenvalue weighted by Gasteiger charge is 2.23. The Kier molecular flexibility index (Phi) is 6.06. The van der Waals surface area contributed by atoms with Gasteiger partial charge in [0, 0.05) is 10.6 Å². The second-order valence-electron chi connectivity index (χ2n) is 6.47. The van der Waals surface area contributed by atoms with Gasteiger partial charge in [-0.2, -0.15) is 0 Å². The van der Waals surface area contributed by atoms with Crippen LogP contribution < -0.4 is 10.1 Å². The number of benzene rings is 3. The molecule has 0 saturated heterocycles. The lowest BCUT2D eigenvalue weighted by Crippen LogP contribution is -2.33. The molecule has 1 aromatic heterocycles. The van der Waals surface area contributed by atoms with Crippen molar-refractivity contribution in [3.8, 4) is 17.2 Å². The van der Waals surface area contributed by atoms with Crippen molar-refractivity contribution in [3.05, 3.63) is 101 Å². The van der Waals surface area contributed by atoms with Crippen molar-refractivity contribution in [2.75, 3.05) is 6.61 Å². The first-order valence-corrected chi connectivity index (χ1v) is 9.68. The summed E-state index contributed by atoms with van der Waals surface area (Å²) in [5, 5.41) is 11.8. The van der Waals surface area contributed by atoms with E-state index in [1.807, 2.05) is 60.7 Å². The zero-order valence-electron chi connectivity index (χ0n) is 15.9. The Morgan fingerprint density at radius 3 is 2.30 bits per heavy atom. The summed E-state index contributed by atoms with van der Waals surface area (Å²) in [7, 11) is 0. The maximum atomic E-state index is 12.6. The van der Waals surface area contributed by atoms with Gasteiger partial charge in [0.1, 0.15) is 11.8 Å². The SMILES string of the molecule is O=C(COc1ccc(Cl)cc1)NC(c1ccccc1)c1nnc(-c2ccccc2)o1. The van der Waals surface area contributed by atoms with E-state index in [9.17, 15) is 4.79 Å². The molecule has 0 fully saturated rings. The molecule has 1 N–H and O–H groups in total. The summed E-state index contributed by atoms with van der Waals surface area (Å²) in [6.07, 6.45) is 0. The van der Waals surface area contributed by atoms with Crippen LogP contribution in [0, 0.1) is 0 Å². The monoisotopic (exact) mass is 419 g/mol. The molecule has 7 heteroatoms. The molecule has 1 heterocycles. The molecule has 30 heavy (non-hydrogen) atoms. The van der Waals surface area contributed by atoms with Gasteiger partial charge < -0.3 is 14.5 Å². The summed E-state index contributed by atoms with van der Waals surface area (Å²) in [6.45, 7) is -0.162. The first kappa shape index (κ1) is 19.7. The van der Waals surface area contributed by atoms with E-state index < -0.39 is 6.04 Å². The van der Waals surface area contributed by atoms with E-state index in [0.29, 0.717) is 22.6 Å². The number of amides is 1. The molecule has 4 aromatic rings. The van der Waals surface area contributed by atoms with E-state index in [0.717, 1.165) is 11.1 Å². The molecule has 1 unspecified atom stereocenters. The zero-order chi connectivity index (χ0) is 20.8. The van der Waals surface area contributed by atoms with Crippen LogP contribution in [0.2, 0.25) is 5.02 Å². The number of hydrogen-bond acceptors (Lipinski definition) is 5. The summed E-state index contributed by atoms with van der Waals surface area (Å²) in [5.41, 5.74) is 1.63. The minimum absolute atomic E-state index is 0.162. The van der Waals surface area contributed by atoms with Gasteiger partial charge in [0.05, 0.1) is 0 Å². The largest absolute Gasteiger partial charge is 0.484 e. The molecule has 0 aliphatic carbocycles. The molecule has 0 radical (unpaired) electrons. The fraction of sp³-hybridized carbons (Fsp3) is 0.0870. The van der Waals surface area contributed by atoms with Crippen LogP contribution in [-0.2, 0) is 4.79 Å². The van der Waals surface area contributed by atoms with Crippen LogP contribution in [0.5, 0.6) is 5.75 Å². The smallest absolute Gasteiger partial charge is 0.258 e. The molecule has 0 aliphatic heterocycles. The van der Waals surface area contributed by atoms with Gasteiger partial charge in [-0.25, -0.2) is 0 Å². The molecular formula is C23H18ClN3O3. The predicted molar refractivity (Wildman–Crippen MR) is 113 cm³/mol. The van der Waals surface area contributed by atoms with E-state index in [2.05, 4.69) is 15.5 Å². The van der Waals surface area contributed by atoms with Gasteiger partial charge in [-0.05, 0) is 42.0 Å². The van der Waals surface area contributed by atoms with Crippen molar-refractivity contribution in [2.24, 2.45) is 0 Å². The molecule has 1 atom stereocenters. The molecule has 1 amide bonds. The van der Waals surface area contributed by atoms with Gasteiger partial charge in [0.25, 0.3) is 5.91 Å². The van der Waals surface area contributed by atoms with E-state index >= 15 is 0 Å². The van der Waals surface area contributed by atoms with Crippen molar-refractivity contribution < 1.29 is 13.9 Å². The van der Waals surface area contributed by atoms with Crippen LogP contribution in [-0.4, -0.2) is 22.7 Å². The Balaban J connectivity index is 1.51. The van der Waals surface area contributed by atoms with Crippen LogP contribution in [0.1, 0.15) is 17.5 Å². The number of ether oxygens (including phenoxy) is 1. The normalized spacial score (nSPS) is 11.6. The number of carbonyl (C=O) groups is 1. The molecule has 150 valence electrons. The fourth-order valence-electron chi connectivity index (χ4n) is 2.86. The topological polar surface area (TPSA) is 77.2 Å². The maximum Gasteiger partial charge on any atom is 0.258 e. The van der Waals surface area contributed by atoms with Gasteiger partial charge in [0.15, 0.2) is 6.61 Å². The minimum atomic E-state index is -0.600. The first-order valence-electron chi connectivity index (χ1n) is 9.30. The standard InChI is InChI=1S/C23H18ClN3O3/c24-18-11-13-19(14-12-18)29-15-20(28)25-21(16-7-3-1-4-8-16)23-27-26-22(30-23)17-9-5-2-6-10-17/h1-14,21H,15H2,(H,25,28). The molecule has 0 bridgehead atoms. The number of carbonyl (C=O) groups excluding carboxylic acids is 1. The van der Waals surface area contributed by atoms with E-state index in [-0.39, 0.29) is 12.5 Å². The zero-order valence-corrected chi connectivity index (χ0v) is 16.6. The van der Waals surface area contributed by atoms with Gasteiger partial charge in [-0.3, -0.25) is 4.79 Å². The third kappa shape index (κ3) is 4.85. The number of aromatic nitrogens is 2. The predicted octanol–water partition coefficient (Wildman–Crippen LogP) is 4.67. The van der Waals surface area contributed by atoms with Crippen LogP contribution in [0.4, 0.5) is 0 Å². The second-order valence-corrected chi connectivity index (χ2v) is 6.90. The van der Waals surface area contributed by atoms with Crippen molar-refractivity contribution in [1.29, 1.82) is 0 Å². The number of halogens is 1. The van der Waals surface area contributed by atoms with Crippen LogP contribution in [0.25, 0.3) is 11.5 Å². The summed E-state index contributed by atoms with van der Waals surface area (Å²) >= 11 is 5.87. The lowest BCUT2D eigenvalue weighted by Gasteiger charge is -2.16. The summed E-state index contributed by atoms with van der Waals surface area (Å²) in [5.74, 6) is 0.909. The molecule has 0 saturated carbocycles. The second kappa shape index (κ2) is 9.24. The molecule has 0 aliphatic rings. The summed E-state index contributed by atoms with van der Waals surface area (Å²) < 4.78 is 11.4. The molecule has 6 nitrogen and oxygen atoms in total.